The molecule has 0 saturated heterocycles. The number of para-hydroxylation sites is 2. The van der Waals surface area contributed by atoms with Gasteiger partial charge in [0.15, 0.2) is 0 Å². The third-order valence-corrected chi connectivity index (χ3v) is 3.85. The summed E-state index contributed by atoms with van der Waals surface area (Å²) in [6.07, 6.45) is 0. The molecule has 1 aromatic carbocycles. The molecule has 0 bridgehead atoms. The van der Waals surface area contributed by atoms with Gasteiger partial charge in [-0.25, -0.2) is 0 Å². The van der Waals surface area contributed by atoms with E-state index < -0.39 is 0 Å². The Morgan fingerprint density at radius 1 is 1.38 bits per heavy atom. The average Bonchev–Trinajstić information content (AvgIpc) is 2.73. The zero-order chi connectivity index (χ0) is 14.5. The monoisotopic (exact) mass is 327 g/mol. The molecule has 1 amide bonds. The second-order valence-corrected chi connectivity index (χ2v) is 5.42. The minimum absolute atomic E-state index is 0. The summed E-state index contributed by atoms with van der Waals surface area (Å²) in [4.78, 5) is 11.8. The standard InChI is InChI=1S/C14H17N3O2S.ClH/c1-9-11(10(2)19-17-9)7-20-8-14(18)16-13-6-4-3-5-12(13)15;/h3-6H,7-8,15H2,1-2H3,(H,16,18);1H. The zero-order valence-corrected chi connectivity index (χ0v) is 13.5. The Morgan fingerprint density at radius 3 is 2.71 bits per heavy atom. The van der Waals surface area contributed by atoms with E-state index >= 15 is 0 Å². The van der Waals surface area contributed by atoms with Crippen LogP contribution in [-0.2, 0) is 10.5 Å². The molecule has 0 radical (unpaired) electrons. The van der Waals surface area contributed by atoms with Gasteiger partial charge in [-0.2, -0.15) is 0 Å². The fourth-order valence-electron chi connectivity index (χ4n) is 1.75. The van der Waals surface area contributed by atoms with E-state index in [1.165, 1.54) is 11.8 Å². The van der Waals surface area contributed by atoms with Gasteiger partial charge in [-0.05, 0) is 26.0 Å². The third-order valence-electron chi connectivity index (χ3n) is 2.90. The van der Waals surface area contributed by atoms with E-state index in [4.69, 9.17) is 10.3 Å². The molecule has 2 rings (SSSR count). The summed E-state index contributed by atoms with van der Waals surface area (Å²) in [5.41, 5.74) is 8.92. The number of nitrogens with two attached hydrogens (primary N) is 1. The molecule has 0 aliphatic rings. The fraction of sp³-hybridized carbons (Fsp3) is 0.286. The molecule has 3 N–H and O–H groups in total. The lowest BCUT2D eigenvalue weighted by molar-refractivity contribution is -0.113. The van der Waals surface area contributed by atoms with Gasteiger partial charge in [0, 0.05) is 11.3 Å². The van der Waals surface area contributed by atoms with Gasteiger partial charge < -0.3 is 15.6 Å². The van der Waals surface area contributed by atoms with Gasteiger partial charge >= 0.3 is 0 Å². The van der Waals surface area contributed by atoms with Crippen LogP contribution in [0.25, 0.3) is 0 Å². The highest BCUT2D eigenvalue weighted by Crippen LogP contribution is 2.20. The van der Waals surface area contributed by atoms with E-state index in [9.17, 15) is 4.79 Å². The molecule has 5 nitrogen and oxygen atoms in total. The Bertz CT molecular complexity index is 597. The van der Waals surface area contributed by atoms with Crippen molar-refractivity contribution >= 4 is 41.5 Å². The number of benzene rings is 1. The van der Waals surface area contributed by atoms with Crippen LogP contribution in [0.1, 0.15) is 17.0 Å². The van der Waals surface area contributed by atoms with E-state index in [1.54, 1.807) is 12.1 Å². The average molecular weight is 328 g/mol. The summed E-state index contributed by atoms with van der Waals surface area (Å²) >= 11 is 1.52. The Morgan fingerprint density at radius 2 is 2.10 bits per heavy atom. The third kappa shape index (κ3) is 4.68. The molecule has 7 heteroatoms. The predicted molar refractivity (Wildman–Crippen MR) is 88.9 cm³/mol. The molecule has 0 aliphatic heterocycles. The van der Waals surface area contributed by atoms with E-state index in [1.807, 2.05) is 26.0 Å². The highest BCUT2D eigenvalue weighted by atomic mass is 35.5. The van der Waals surface area contributed by atoms with Gasteiger partial charge in [0.2, 0.25) is 5.91 Å². The van der Waals surface area contributed by atoms with Crippen LogP contribution in [0.4, 0.5) is 11.4 Å². The van der Waals surface area contributed by atoms with Gasteiger partial charge in [-0.15, -0.1) is 24.2 Å². The lowest BCUT2D eigenvalue weighted by Crippen LogP contribution is -2.15. The first-order valence-electron chi connectivity index (χ1n) is 6.21. The number of nitrogens with zero attached hydrogens (tertiary/aromatic N) is 1. The maximum atomic E-state index is 11.8. The molecule has 0 aliphatic carbocycles. The van der Waals surface area contributed by atoms with Crippen molar-refractivity contribution in [2.45, 2.75) is 19.6 Å². The molecule has 0 unspecified atom stereocenters. The molecule has 1 heterocycles. The van der Waals surface area contributed by atoms with Gasteiger partial charge in [0.25, 0.3) is 0 Å². The molecule has 2 aromatic rings. The first kappa shape index (κ1) is 17.4. The Kier molecular flexibility index (Phi) is 6.58. The largest absolute Gasteiger partial charge is 0.397 e. The van der Waals surface area contributed by atoms with Crippen molar-refractivity contribution in [1.29, 1.82) is 0 Å². The van der Waals surface area contributed by atoms with Crippen LogP contribution < -0.4 is 11.1 Å². The number of nitrogen functional groups attached to an aromatic ring is 1. The summed E-state index contributed by atoms with van der Waals surface area (Å²) in [5.74, 6) is 1.81. The predicted octanol–water partition coefficient (Wildman–Crippen LogP) is 3.17. The first-order chi connectivity index (χ1) is 9.58. The van der Waals surface area contributed by atoms with Crippen molar-refractivity contribution in [1.82, 2.24) is 5.16 Å². The zero-order valence-electron chi connectivity index (χ0n) is 11.9. The number of aryl methyl sites for hydroxylation is 2. The molecule has 21 heavy (non-hydrogen) atoms. The highest BCUT2D eigenvalue weighted by molar-refractivity contribution is 7.99. The number of aromatic nitrogens is 1. The Labute approximate surface area is 134 Å². The lowest BCUT2D eigenvalue weighted by atomic mass is 10.2. The SMILES string of the molecule is Cc1noc(C)c1CSCC(=O)Nc1ccccc1N.Cl. The second kappa shape index (κ2) is 7.95. The molecule has 0 atom stereocenters. The quantitative estimate of drug-likeness (QED) is 0.824. The number of thioether (sulfide) groups is 1. The minimum atomic E-state index is -0.0698. The number of halogens is 1. The van der Waals surface area contributed by atoms with Crippen LogP contribution in [0.2, 0.25) is 0 Å². The first-order valence-corrected chi connectivity index (χ1v) is 7.37. The minimum Gasteiger partial charge on any atom is -0.397 e. The molecule has 1 aromatic heterocycles. The topological polar surface area (TPSA) is 81.2 Å². The van der Waals surface area contributed by atoms with E-state index in [0.717, 1.165) is 17.0 Å². The lowest BCUT2D eigenvalue weighted by Gasteiger charge is -2.07. The molecular formula is C14H18ClN3O2S. The molecule has 0 saturated carbocycles. The van der Waals surface area contributed by atoms with Gasteiger partial charge in [-0.3, -0.25) is 4.79 Å². The number of amides is 1. The number of rotatable bonds is 5. The maximum Gasteiger partial charge on any atom is 0.234 e. The number of hydrogen-bond acceptors (Lipinski definition) is 5. The number of nitrogens with one attached hydrogen (secondary N) is 1. The van der Waals surface area contributed by atoms with Crippen molar-refractivity contribution < 1.29 is 9.32 Å². The number of carbonyl (C=O) groups is 1. The van der Waals surface area contributed by atoms with Crippen molar-refractivity contribution in [2.75, 3.05) is 16.8 Å². The maximum absolute atomic E-state index is 11.8. The summed E-state index contributed by atoms with van der Waals surface area (Å²) < 4.78 is 5.08. The Hall–Kier alpha value is -1.66. The summed E-state index contributed by atoms with van der Waals surface area (Å²) in [7, 11) is 0. The van der Waals surface area contributed by atoms with Crippen molar-refractivity contribution in [2.24, 2.45) is 0 Å². The van der Waals surface area contributed by atoms with Crippen LogP contribution in [0, 0.1) is 13.8 Å². The molecule has 0 fully saturated rings. The van der Waals surface area contributed by atoms with E-state index in [0.29, 0.717) is 22.9 Å². The molecule has 114 valence electrons. The van der Waals surface area contributed by atoms with Crippen LogP contribution in [0.3, 0.4) is 0 Å². The van der Waals surface area contributed by atoms with Gasteiger partial charge in [0.05, 0.1) is 22.8 Å². The second-order valence-electron chi connectivity index (χ2n) is 4.43. The van der Waals surface area contributed by atoms with Crippen molar-refractivity contribution in [3.63, 3.8) is 0 Å². The number of anilines is 2. The van der Waals surface area contributed by atoms with Crippen molar-refractivity contribution in [3.05, 3.63) is 41.3 Å². The normalized spacial score (nSPS) is 10.0. The fourth-order valence-corrected chi connectivity index (χ4v) is 2.73. The van der Waals surface area contributed by atoms with Gasteiger partial charge in [0.1, 0.15) is 5.76 Å². The highest BCUT2D eigenvalue weighted by Gasteiger charge is 2.10. The number of carbonyl (C=O) groups excluding carboxylic acids is 1. The molecular weight excluding hydrogens is 310 g/mol. The smallest absolute Gasteiger partial charge is 0.234 e. The van der Waals surface area contributed by atoms with Crippen LogP contribution in [0.15, 0.2) is 28.8 Å². The van der Waals surface area contributed by atoms with Crippen LogP contribution >= 0.6 is 24.2 Å². The van der Waals surface area contributed by atoms with E-state index in [2.05, 4.69) is 10.5 Å². The molecule has 0 spiro atoms. The summed E-state index contributed by atoms with van der Waals surface area (Å²) in [6.45, 7) is 3.78. The summed E-state index contributed by atoms with van der Waals surface area (Å²) in [5, 5.41) is 6.68. The Balaban J connectivity index is 0.00000220. The van der Waals surface area contributed by atoms with Crippen LogP contribution in [0.5, 0.6) is 0 Å². The van der Waals surface area contributed by atoms with E-state index in [-0.39, 0.29) is 18.3 Å². The van der Waals surface area contributed by atoms with Crippen LogP contribution in [-0.4, -0.2) is 16.8 Å². The van der Waals surface area contributed by atoms with Gasteiger partial charge in [-0.1, -0.05) is 17.3 Å². The van der Waals surface area contributed by atoms with Crippen molar-refractivity contribution in [3.8, 4) is 0 Å². The number of hydrogen-bond donors (Lipinski definition) is 2. The summed E-state index contributed by atoms with van der Waals surface area (Å²) in [6, 6.07) is 7.21.